The van der Waals surface area contributed by atoms with Crippen LogP contribution in [0.15, 0.2) is 54.6 Å². The van der Waals surface area contributed by atoms with Crippen molar-refractivity contribution in [3.63, 3.8) is 0 Å². The summed E-state index contributed by atoms with van der Waals surface area (Å²) >= 11 is 1.63. The first-order chi connectivity index (χ1) is 10.7. The van der Waals surface area contributed by atoms with Crippen molar-refractivity contribution in [2.45, 2.75) is 19.3 Å². The molecular weight excluding hydrogens is 292 g/mol. The SMILES string of the molecule is COC(=O)CSCCC(C)c1ccc(-c2ccccc2)cc1. The maximum Gasteiger partial charge on any atom is 0.315 e. The van der Waals surface area contributed by atoms with Crippen LogP contribution in [0.2, 0.25) is 0 Å². The zero-order chi connectivity index (χ0) is 15.8. The van der Waals surface area contributed by atoms with E-state index in [1.807, 2.05) is 6.07 Å². The molecule has 0 aromatic heterocycles. The van der Waals surface area contributed by atoms with Gasteiger partial charge in [0.05, 0.1) is 12.9 Å². The lowest BCUT2D eigenvalue weighted by Gasteiger charge is -2.12. The summed E-state index contributed by atoms with van der Waals surface area (Å²) in [5.41, 5.74) is 3.84. The minimum Gasteiger partial charge on any atom is -0.468 e. The Bertz CT molecular complexity index is 578. The molecule has 0 saturated heterocycles. The third-order valence-electron chi connectivity index (χ3n) is 3.73. The summed E-state index contributed by atoms with van der Waals surface area (Å²) in [7, 11) is 1.43. The van der Waals surface area contributed by atoms with Crippen LogP contribution in [0.5, 0.6) is 0 Å². The number of hydrogen-bond acceptors (Lipinski definition) is 3. The molecule has 3 heteroatoms. The number of hydrogen-bond donors (Lipinski definition) is 0. The van der Waals surface area contributed by atoms with Gasteiger partial charge in [-0.05, 0) is 34.8 Å². The van der Waals surface area contributed by atoms with Gasteiger partial charge in [-0.2, -0.15) is 11.8 Å². The molecule has 2 aromatic rings. The van der Waals surface area contributed by atoms with Gasteiger partial charge in [0.15, 0.2) is 0 Å². The molecule has 2 rings (SSSR count). The molecule has 0 fully saturated rings. The van der Waals surface area contributed by atoms with E-state index in [-0.39, 0.29) is 5.97 Å². The molecule has 0 bridgehead atoms. The van der Waals surface area contributed by atoms with Crippen molar-refractivity contribution in [3.8, 4) is 11.1 Å². The number of ether oxygens (including phenoxy) is 1. The van der Waals surface area contributed by atoms with Gasteiger partial charge in [0.25, 0.3) is 0 Å². The standard InChI is InChI=1S/C19H22O2S/c1-15(12-13-22-14-19(20)21-2)16-8-10-18(11-9-16)17-6-4-3-5-7-17/h3-11,15H,12-14H2,1-2H3. The van der Waals surface area contributed by atoms with Gasteiger partial charge in [0.1, 0.15) is 0 Å². The van der Waals surface area contributed by atoms with Gasteiger partial charge in [0, 0.05) is 0 Å². The largest absolute Gasteiger partial charge is 0.468 e. The number of rotatable bonds is 7. The number of methoxy groups -OCH3 is 1. The Kier molecular flexibility index (Phi) is 6.53. The molecule has 0 saturated carbocycles. The van der Waals surface area contributed by atoms with Crippen LogP contribution in [0.3, 0.4) is 0 Å². The van der Waals surface area contributed by atoms with Crippen LogP contribution in [0, 0.1) is 0 Å². The molecule has 0 N–H and O–H groups in total. The summed E-state index contributed by atoms with van der Waals surface area (Å²) in [6, 6.07) is 19.2. The van der Waals surface area contributed by atoms with E-state index in [4.69, 9.17) is 0 Å². The van der Waals surface area contributed by atoms with Gasteiger partial charge in [0.2, 0.25) is 0 Å². The van der Waals surface area contributed by atoms with Gasteiger partial charge in [-0.25, -0.2) is 0 Å². The Labute approximate surface area is 136 Å². The van der Waals surface area contributed by atoms with Gasteiger partial charge in [-0.3, -0.25) is 4.79 Å². The van der Waals surface area contributed by atoms with Crippen LogP contribution in [0.1, 0.15) is 24.8 Å². The highest BCUT2D eigenvalue weighted by Crippen LogP contribution is 2.25. The maximum atomic E-state index is 11.1. The van der Waals surface area contributed by atoms with E-state index in [1.165, 1.54) is 23.8 Å². The van der Waals surface area contributed by atoms with Crippen molar-refractivity contribution in [1.82, 2.24) is 0 Å². The molecule has 2 aromatic carbocycles. The average Bonchev–Trinajstić information content (AvgIpc) is 2.59. The van der Waals surface area contributed by atoms with E-state index in [0.717, 1.165) is 12.2 Å². The lowest BCUT2D eigenvalue weighted by molar-refractivity contribution is -0.137. The van der Waals surface area contributed by atoms with Crippen LogP contribution >= 0.6 is 11.8 Å². The Morgan fingerprint density at radius 1 is 1.05 bits per heavy atom. The molecule has 0 aliphatic heterocycles. The molecular formula is C19H22O2S. The zero-order valence-electron chi connectivity index (χ0n) is 13.1. The highest BCUT2D eigenvalue weighted by atomic mass is 32.2. The molecule has 1 atom stereocenters. The molecule has 2 nitrogen and oxygen atoms in total. The van der Waals surface area contributed by atoms with Crippen LogP contribution in [-0.4, -0.2) is 24.6 Å². The Balaban J connectivity index is 1.86. The van der Waals surface area contributed by atoms with Crippen molar-refractivity contribution in [1.29, 1.82) is 0 Å². The van der Waals surface area contributed by atoms with Crippen LogP contribution in [0.25, 0.3) is 11.1 Å². The Morgan fingerprint density at radius 3 is 2.32 bits per heavy atom. The molecule has 0 aliphatic rings. The lowest BCUT2D eigenvalue weighted by atomic mass is 9.96. The number of carbonyl (C=O) groups is 1. The maximum absolute atomic E-state index is 11.1. The molecule has 0 amide bonds. The van der Waals surface area contributed by atoms with Gasteiger partial charge >= 0.3 is 5.97 Å². The van der Waals surface area contributed by atoms with Crippen LogP contribution in [0.4, 0.5) is 0 Å². The number of carbonyl (C=O) groups excluding carboxylic acids is 1. The van der Waals surface area contributed by atoms with Crippen LogP contribution < -0.4 is 0 Å². The minimum absolute atomic E-state index is 0.148. The summed E-state index contributed by atoms with van der Waals surface area (Å²) in [6.45, 7) is 2.23. The number of thioether (sulfide) groups is 1. The predicted octanol–water partition coefficient (Wildman–Crippen LogP) is 4.75. The summed E-state index contributed by atoms with van der Waals surface area (Å²) in [6.07, 6.45) is 1.06. The van der Waals surface area contributed by atoms with Gasteiger partial charge in [-0.1, -0.05) is 61.5 Å². The van der Waals surface area contributed by atoms with Crippen molar-refractivity contribution in [3.05, 3.63) is 60.2 Å². The van der Waals surface area contributed by atoms with E-state index in [9.17, 15) is 4.79 Å². The normalized spacial score (nSPS) is 11.9. The Morgan fingerprint density at radius 2 is 1.68 bits per heavy atom. The third kappa shape index (κ3) is 4.92. The average molecular weight is 314 g/mol. The Hall–Kier alpha value is -1.74. The van der Waals surface area contributed by atoms with E-state index in [2.05, 4.69) is 60.2 Å². The fraction of sp³-hybridized carbons (Fsp3) is 0.316. The molecule has 0 heterocycles. The molecule has 1 unspecified atom stereocenters. The molecule has 116 valence electrons. The van der Waals surface area contributed by atoms with E-state index in [0.29, 0.717) is 11.7 Å². The van der Waals surface area contributed by atoms with Gasteiger partial charge in [-0.15, -0.1) is 0 Å². The lowest BCUT2D eigenvalue weighted by Crippen LogP contribution is -2.04. The zero-order valence-corrected chi connectivity index (χ0v) is 13.9. The van der Waals surface area contributed by atoms with Gasteiger partial charge < -0.3 is 4.74 Å². The van der Waals surface area contributed by atoms with E-state index < -0.39 is 0 Å². The minimum atomic E-state index is -0.148. The topological polar surface area (TPSA) is 26.3 Å². The fourth-order valence-corrected chi connectivity index (χ4v) is 3.22. The second kappa shape index (κ2) is 8.64. The van der Waals surface area contributed by atoms with Crippen molar-refractivity contribution in [2.24, 2.45) is 0 Å². The third-order valence-corrected chi connectivity index (χ3v) is 4.69. The second-order valence-electron chi connectivity index (χ2n) is 5.31. The first-order valence-corrected chi connectivity index (χ1v) is 8.66. The number of benzene rings is 2. The molecule has 0 aliphatic carbocycles. The van der Waals surface area contributed by atoms with E-state index >= 15 is 0 Å². The van der Waals surface area contributed by atoms with Crippen molar-refractivity contribution in [2.75, 3.05) is 18.6 Å². The quantitative estimate of drug-likeness (QED) is 0.545. The smallest absolute Gasteiger partial charge is 0.315 e. The molecule has 0 spiro atoms. The first-order valence-electron chi connectivity index (χ1n) is 7.50. The summed E-state index contributed by atoms with van der Waals surface area (Å²) < 4.78 is 4.64. The van der Waals surface area contributed by atoms with Crippen LogP contribution in [-0.2, 0) is 9.53 Å². The summed E-state index contributed by atoms with van der Waals surface area (Å²) in [5.74, 6) is 1.76. The fourth-order valence-electron chi connectivity index (χ4n) is 2.28. The highest BCUT2D eigenvalue weighted by molar-refractivity contribution is 7.99. The molecule has 0 radical (unpaired) electrons. The van der Waals surface area contributed by atoms with Crippen molar-refractivity contribution >= 4 is 17.7 Å². The highest BCUT2D eigenvalue weighted by Gasteiger charge is 2.07. The predicted molar refractivity (Wildman–Crippen MR) is 94.3 cm³/mol. The number of esters is 1. The summed E-state index contributed by atoms with van der Waals surface area (Å²) in [4.78, 5) is 11.1. The monoisotopic (exact) mass is 314 g/mol. The second-order valence-corrected chi connectivity index (χ2v) is 6.41. The van der Waals surface area contributed by atoms with E-state index in [1.54, 1.807) is 11.8 Å². The summed E-state index contributed by atoms with van der Waals surface area (Å²) in [5, 5.41) is 0. The first kappa shape index (κ1) is 16.6. The van der Waals surface area contributed by atoms with Crippen molar-refractivity contribution < 1.29 is 9.53 Å². The molecule has 22 heavy (non-hydrogen) atoms.